The third-order valence-electron chi connectivity index (χ3n) is 3.55. The monoisotopic (exact) mass is 330 g/mol. The predicted molar refractivity (Wildman–Crippen MR) is 85.6 cm³/mol. The lowest BCUT2D eigenvalue weighted by Gasteiger charge is -2.30. The SMILES string of the molecule is CC(C)[C@H](C)NC(=O)[C@H](C)N(c1ccccc1F)S(C)(=O)=O. The Hall–Kier alpha value is -1.63. The summed E-state index contributed by atoms with van der Waals surface area (Å²) in [7, 11) is -3.81. The van der Waals surface area contributed by atoms with Gasteiger partial charge < -0.3 is 5.32 Å². The quantitative estimate of drug-likeness (QED) is 0.869. The molecular formula is C15H23FN2O3S. The Labute approximate surface area is 131 Å². The number of benzene rings is 1. The van der Waals surface area contributed by atoms with Crippen LogP contribution in [0.3, 0.4) is 0 Å². The summed E-state index contributed by atoms with van der Waals surface area (Å²) in [6, 6.07) is 4.33. The lowest BCUT2D eigenvalue weighted by atomic mass is 10.1. The van der Waals surface area contributed by atoms with E-state index >= 15 is 0 Å². The van der Waals surface area contributed by atoms with Gasteiger partial charge in [-0.05, 0) is 31.9 Å². The summed E-state index contributed by atoms with van der Waals surface area (Å²) in [4.78, 5) is 12.3. The number of para-hydroxylation sites is 1. The summed E-state index contributed by atoms with van der Waals surface area (Å²) in [6.45, 7) is 7.17. The number of sulfonamides is 1. The van der Waals surface area contributed by atoms with Gasteiger partial charge in [0.05, 0.1) is 11.9 Å². The number of anilines is 1. The minimum absolute atomic E-state index is 0.114. The highest BCUT2D eigenvalue weighted by Gasteiger charge is 2.31. The fourth-order valence-corrected chi connectivity index (χ4v) is 3.10. The van der Waals surface area contributed by atoms with Gasteiger partial charge in [-0.2, -0.15) is 0 Å². The molecule has 2 atom stereocenters. The van der Waals surface area contributed by atoms with E-state index in [1.807, 2.05) is 20.8 Å². The lowest BCUT2D eigenvalue weighted by Crippen LogP contribution is -2.51. The van der Waals surface area contributed by atoms with Crippen LogP contribution in [0.5, 0.6) is 0 Å². The van der Waals surface area contributed by atoms with Crippen molar-refractivity contribution in [1.82, 2.24) is 5.32 Å². The maximum Gasteiger partial charge on any atom is 0.243 e. The van der Waals surface area contributed by atoms with Crippen molar-refractivity contribution in [3.8, 4) is 0 Å². The molecule has 0 fully saturated rings. The van der Waals surface area contributed by atoms with Gasteiger partial charge in [0.2, 0.25) is 15.9 Å². The van der Waals surface area contributed by atoms with Gasteiger partial charge in [0.1, 0.15) is 11.9 Å². The smallest absolute Gasteiger partial charge is 0.243 e. The van der Waals surface area contributed by atoms with Crippen LogP contribution >= 0.6 is 0 Å². The summed E-state index contributed by atoms with van der Waals surface area (Å²) in [6.07, 6.45) is 0.953. The van der Waals surface area contributed by atoms with Crippen LogP contribution in [-0.2, 0) is 14.8 Å². The van der Waals surface area contributed by atoms with Gasteiger partial charge in [-0.3, -0.25) is 9.10 Å². The van der Waals surface area contributed by atoms with Crippen LogP contribution in [0.15, 0.2) is 24.3 Å². The number of hydrogen-bond acceptors (Lipinski definition) is 3. The normalized spacial score (nSPS) is 14.5. The summed E-state index contributed by atoms with van der Waals surface area (Å²) in [5.74, 6) is -0.948. The third-order valence-corrected chi connectivity index (χ3v) is 4.78. The molecule has 0 saturated carbocycles. The first-order valence-electron chi connectivity index (χ1n) is 7.10. The number of rotatable bonds is 6. The molecule has 22 heavy (non-hydrogen) atoms. The number of amides is 1. The molecule has 124 valence electrons. The minimum atomic E-state index is -3.81. The van der Waals surface area contributed by atoms with E-state index in [1.165, 1.54) is 25.1 Å². The van der Waals surface area contributed by atoms with E-state index in [-0.39, 0.29) is 17.6 Å². The first kappa shape index (κ1) is 18.4. The molecular weight excluding hydrogens is 307 g/mol. The second-order valence-corrected chi connectivity index (χ2v) is 7.59. The number of halogens is 1. The van der Waals surface area contributed by atoms with Gasteiger partial charge in [0.15, 0.2) is 0 Å². The molecule has 0 saturated heterocycles. The third kappa shape index (κ3) is 4.43. The van der Waals surface area contributed by atoms with Gasteiger partial charge in [-0.1, -0.05) is 26.0 Å². The van der Waals surface area contributed by atoms with Crippen LogP contribution in [0.1, 0.15) is 27.7 Å². The zero-order valence-corrected chi connectivity index (χ0v) is 14.3. The van der Waals surface area contributed by atoms with Gasteiger partial charge in [-0.25, -0.2) is 12.8 Å². The number of hydrogen-bond donors (Lipinski definition) is 1. The van der Waals surface area contributed by atoms with E-state index in [0.717, 1.165) is 16.6 Å². The summed E-state index contributed by atoms with van der Waals surface area (Å²) in [5.41, 5.74) is -0.134. The van der Waals surface area contributed by atoms with Crippen molar-refractivity contribution in [3.63, 3.8) is 0 Å². The summed E-state index contributed by atoms with van der Waals surface area (Å²) in [5, 5.41) is 2.75. The van der Waals surface area contributed by atoms with Gasteiger partial charge in [-0.15, -0.1) is 0 Å². The first-order valence-corrected chi connectivity index (χ1v) is 8.94. The zero-order chi connectivity index (χ0) is 17.1. The molecule has 0 unspecified atom stereocenters. The maximum absolute atomic E-state index is 13.9. The number of nitrogens with one attached hydrogen (secondary N) is 1. The number of carbonyl (C=O) groups is 1. The molecule has 1 amide bonds. The largest absolute Gasteiger partial charge is 0.352 e. The van der Waals surface area contributed by atoms with Crippen molar-refractivity contribution >= 4 is 21.6 Å². The van der Waals surface area contributed by atoms with Crippen LogP contribution in [0, 0.1) is 11.7 Å². The maximum atomic E-state index is 13.9. The second-order valence-electron chi connectivity index (χ2n) is 5.73. The number of nitrogens with zero attached hydrogens (tertiary/aromatic N) is 1. The predicted octanol–water partition coefficient (Wildman–Crippen LogP) is 2.14. The molecule has 0 aliphatic rings. The Morgan fingerprint density at radius 1 is 1.18 bits per heavy atom. The minimum Gasteiger partial charge on any atom is -0.352 e. The average molecular weight is 330 g/mol. The zero-order valence-electron chi connectivity index (χ0n) is 13.5. The summed E-state index contributed by atoms with van der Waals surface area (Å²) >= 11 is 0. The van der Waals surface area contributed by atoms with Crippen molar-refractivity contribution in [3.05, 3.63) is 30.1 Å². The molecule has 1 aromatic carbocycles. The van der Waals surface area contributed by atoms with Gasteiger partial charge in [0.25, 0.3) is 0 Å². The molecule has 7 heteroatoms. The molecule has 0 heterocycles. The standard InChI is InChI=1S/C15H23FN2O3S/c1-10(2)11(3)17-15(19)12(4)18(22(5,20)21)14-9-7-6-8-13(14)16/h6-12H,1-5H3,(H,17,19)/t11-,12-/m0/s1. The van der Waals surface area contributed by atoms with E-state index in [2.05, 4.69) is 5.32 Å². The lowest BCUT2D eigenvalue weighted by molar-refractivity contribution is -0.122. The topological polar surface area (TPSA) is 66.5 Å². The van der Waals surface area contributed by atoms with E-state index in [4.69, 9.17) is 0 Å². The van der Waals surface area contributed by atoms with Crippen LogP contribution in [-0.4, -0.2) is 32.7 Å². The average Bonchev–Trinajstić information content (AvgIpc) is 2.39. The Balaban J connectivity index is 3.14. The number of carbonyl (C=O) groups excluding carboxylic acids is 1. The van der Waals surface area contributed by atoms with E-state index in [0.29, 0.717) is 0 Å². The first-order chi connectivity index (χ1) is 10.1. The Morgan fingerprint density at radius 3 is 2.18 bits per heavy atom. The fourth-order valence-electron chi connectivity index (χ4n) is 1.92. The molecule has 0 radical (unpaired) electrons. The van der Waals surface area contributed by atoms with Crippen LogP contribution in [0.4, 0.5) is 10.1 Å². The second kappa shape index (κ2) is 7.09. The molecule has 1 N–H and O–H groups in total. The van der Waals surface area contributed by atoms with Crippen molar-refractivity contribution in [2.45, 2.75) is 39.8 Å². The molecule has 5 nitrogen and oxygen atoms in total. The molecule has 0 aromatic heterocycles. The van der Waals surface area contributed by atoms with E-state index in [9.17, 15) is 17.6 Å². The Bertz CT molecular complexity index is 631. The molecule has 0 bridgehead atoms. The highest BCUT2D eigenvalue weighted by molar-refractivity contribution is 7.92. The van der Waals surface area contributed by atoms with Crippen LogP contribution in [0.2, 0.25) is 0 Å². The summed E-state index contributed by atoms with van der Waals surface area (Å²) < 4.78 is 38.8. The van der Waals surface area contributed by atoms with E-state index in [1.54, 1.807) is 0 Å². The van der Waals surface area contributed by atoms with Crippen molar-refractivity contribution in [1.29, 1.82) is 0 Å². The molecule has 0 aliphatic heterocycles. The molecule has 0 spiro atoms. The van der Waals surface area contributed by atoms with Crippen LogP contribution < -0.4 is 9.62 Å². The van der Waals surface area contributed by atoms with Crippen molar-refractivity contribution < 1.29 is 17.6 Å². The van der Waals surface area contributed by atoms with E-state index < -0.39 is 27.8 Å². The van der Waals surface area contributed by atoms with Crippen molar-refractivity contribution in [2.75, 3.05) is 10.6 Å². The van der Waals surface area contributed by atoms with Crippen molar-refractivity contribution in [2.24, 2.45) is 5.92 Å². The Morgan fingerprint density at radius 2 is 1.73 bits per heavy atom. The van der Waals surface area contributed by atoms with Gasteiger partial charge in [0, 0.05) is 6.04 Å². The highest BCUT2D eigenvalue weighted by Crippen LogP contribution is 2.24. The molecule has 1 rings (SSSR count). The highest BCUT2D eigenvalue weighted by atomic mass is 32.2. The fraction of sp³-hybridized carbons (Fsp3) is 0.533. The molecule has 0 aliphatic carbocycles. The van der Waals surface area contributed by atoms with Gasteiger partial charge >= 0.3 is 0 Å². The molecule has 1 aromatic rings. The van der Waals surface area contributed by atoms with Crippen LogP contribution in [0.25, 0.3) is 0 Å². The Kier molecular flexibility index (Phi) is 5.93.